The number of carbonyl (C=O) groups excluding carboxylic acids is 1. The number of carboxylic acid groups (broad SMARTS) is 1. The number of carboxylic acids is 1. The van der Waals surface area contributed by atoms with Gasteiger partial charge in [-0.25, -0.2) is 4.79 Å². The first kappa shape index (κ1) is 15.6. The van der Waals surface area contributed by atoms with Crippen LogP contribution in [0, 0.1) is 6.92 Å². The first-order valence-electron chi connectivity index (χ1n) is 6.72. The summed E-state index contributed by atoms with van der Waals surface area (Å²) >= 11 is 0. The fraction of sp³-hybridized carbons (Fsp3) is 0.267. The van der Waals surface area contributed by atoms with Gasteiger partial charge in [0.15, 0.2) is 0 Å². The second kappa shape index (κ2) is 6.75. The molecule has 1 aromatic carbocycles. The van der Waals surface area contributed by atoms with Gasteiger partial charge in [0.05, 0.1) is 12.1 Å². The summed E-state index contributed by atoms with van der Waals surface area (Å²) in [7, 11) is 1.77. The summed E-state index contributed by atoms with van der Waals surface area (Å²) in [5.41, 5.74) is 1.47. The molecule has 0 atom stereocenters. The fourth-order valence-corrected chi connectivity index (χ4v) is 1.79. The van der Waals surface area contributed by atoms with Crippen LogP contribution in [0.3, 0.4) is 0 Å². The number of rotatable bonds is 6. The number of amides is 1. The highest BCUT2D eigenvalue weighted by molar-refractivity contribution is 5.92. The Hall–Kier alpha value is -2.83. The highest BCUT2D eigenvalue weighted by atomic mass is 16.5. The lowest BCUT2D eigenvalue weighted by Crippen LogP contribution is -2.28. The highest BCUT2D eigenvalue weighted by Crippen LogP contribution is 2.11. The summed E-state index contributed by atoms with van der Waals surface area (Å²) in [6.07, 6.45) is 0. The zero-order valence-electron chi connectivity index (χ0n) is 12.4. The Morgan fingerprint density at radius 3 is 2.55 bits per heavy atom. The van der Waals surface area contributed by atoms with E-state index in [4.69, 9.17) is 9.84 Å². The maximum absolute atomic E-state index is 11.8. The van der Waals surface area contributed by atoms with Crippen LogP contribution in [0.4, 0.5) is 0 Å². The van der Waals surface area contributed by atoms with Crippen LogP contribution in [0.1, 0.15) is 26.5 Å². The van der Waals surface area contributed by atoms with E-state index in [2.05, 4.69) is 10.4 Å². The monoisotopic (exact) mass is 303 g/mol. The number of carbonyl (C=O) groups is 2. The number of aromatic carboxylic acids is 1. The number of aryl methyl sites for hydroxylation is 2. The van der Waals surface area contributed by atoms with Gasteiger partial charge in [-0.1, -0.05) is 0 Å². The lowest BCUT2D eigenvalue weighted by atomic mass is 10.2. The van der Waals surface area contributed by atoms with Gasteiger partial charge in [0.2, 0.25) is 0 Å². The second-order valence-electron chi connectivity index (χ2n) is 4.73. The van der Waals surface area contributed by atoms with E-state index in [1.165, 1.54) is 12.1 Å². The van der Waals surface area contributed by atoms with Crippen LogP contribution in [0.5, 0.6) is 5.75 Å². The molecule has 116 valence electrons. The van der Waals surface area contributed by atoms with E-state index < -0.39 is 5.97 Å². The first-order chi connectivity index (χ1) is 10.5. The van der Waals surface area contributed by atoms with Gasteiger partial charge in [-0.3, -0.25) is 9.48 Å². The molecule has 22 heavy (non-hydrogen) atoms. The molecule has 0 fully saturated rings. The van der Waals surface area contributed by atoms with Gasteiger partial charge in [-0.15, -0.1) is 0 Å². The van der Waals surface area contributed by atoms with Crippen LogP contribution in [0.15, 0.2) is 30.3 Å². The zero-order chi connectivity index (χ0) is 16.1. The molecule has 0 unspecified atom stereocenters. The van der Waals surface area contributed by atoms with Gasteiger partial charge in [-0.05, 0) is 37.3 Å². The summed E-state index contributed by atoms with van der Waals surface area (Å²) in [5, 5.41) is 15.6. The molecule has 0 spiro atoms. The molecule has 2 N–H and O–H groups in total. The van der Waals surface area contributed by atoms with Gasteiger partial charge < -0.3 is 15.2 Å². The molecule has 7 nitrogen and oxygen atoms in total. The molecule has 0 aliphatic rings. The summed E-state index contributed by atoms with van der Waals surface area (Å²) in [4.78, 5) is 22.5. The molecule has 0 bridgehead atoms. The molecular formula is C15H17N3O4. The third-order valence-corrected chi connectivity index (χ3v) is 3.10. The van der Waals surface area contributed by atoms with Crippen molar-refractivity contribution < 1.29 is 19.4 Å². The minimum absolute atomic E-state index is 0.200. The van der Waals surface area contributed by atoms with Gasteiger partial charge in [-0.2, -0.15) is 5.10 Å². The third kappa shape index (κ3) is 3.85. The molecule has 1 aromatic heterocycles. The van der Waals surface area contributed by atoms with Crippen molar-refractivity contribution in [3.63, 3.8) is 0 Å². The zero-order valence-corrected chi connectivity index (χ0v) is 12.4. The van der Waals surface area contributed by atoms with Crippen LogP contribution in [0.25, 0.3) is 0 Å². The van der Waals surface area contributed by atoms with Crippen LogP contribution in [0.2, 0.25) is 0 Å². The van der Waals surface area contributed by atoms with E-state index in [1.807, 2.05) is 6.92 Å². The van der Waals surface area contributed by atoms with E-state index in [1.54, 1.807) is 29.9 Å². The topological polar surface area (TPSA) is 93.4 Å². The molecule has 2 aromatic rings. The molecule has 7 heteroatoms. The smallest absolute Gasteiger partial charge is 0.335 e. The minimum atomic E-state index is -0.982. The number of nitrogens with zero attached hydrogens (tertiary/aromatic N) is 2. The highest BCUT2D eigenvalue weighted by Gasteiger charge is 2.10. The predicted octanol–water partition coefficient (Wildman–Crippen LogP) is 1.24. The van der Waals surface area contributed by atoms with Gasteiger partial charge in [0, 0.05) is 12.7 Å². The Balaban J connectivity index is 1.77. The second-order valence-corrected chi connectivity index (χ2v) is 4.73. The predicted molar refractivity (Wildman–Crippen MR) is 79.2 cm³/mol. The average molecular weight is 303 g/mol. The van der Waals surface area contributed by atoms with E-state index >= 15 is 0 Å². The molecule has 0 radical (unpaired) electrons. The number of nitrogens with one attached hydrogen (secondary N) is 1. The maximum Gasteiger partial charge on any atom is 0.335 e. The number of hydrogen-bond acceptors (Lipinski definition) is 4. The molecular weight excluding hydrogens is 286 g/mol. The van der Waals surface area contributed by atoms with Crippen LogP contribution in [-0.2, 0) is 7.05 Å². The van der Waals surface area contributed by atoms with E-state index in [-0.39, 0.29) is 18.1 Å². The van der Waals surface area contributed by atoms with E-state index in [9.17, 15) is 9.59 Å². The molecule has 1 amide bonds. The Morgan fingerprint density at radius 1 is 1.32 bits per heavy atom. The van der Waals surface area contributed by atoms with Gasteiger partial charge >= 0.3 is 5.97 Å². The standard InChI is InChI=1S/C15H17N3O4/c1-10-9-13(17-18(10)2)14(19)16-7-8-22-12-5-3-11(4-6-12)15(20)21/h3-6,9H,7-8H2,1-2H3,(H,16,19)(H,20,21). The Bertz CT molecular complexity index is 657. The molecule has 0 saturated heterocycles. The minimum Gasteiger partial charge on any atom is -0.492 e. The van der Waals surface area contributed by atoms with Crippen molar-refractivity contribution in [3.8, 4) is 5.75 Å². The van der Waals surface area contributed by atoms with Crippen molar-refractivity contribution in [2.45, 2.75) is 6.92 Å². The van der Waals surface area contributed by atoms with Crippen LogP contribution >= 0.6 is 0 Å². The normalized spacial score (nSPS) is 10.3. The first-order valence-corrected chi connectivity index (χ1v) is 6.72. The van der Waals surface area contributed by atoms with Crippen molar-refractivity contribution in [2.75, 3.05) is 13.2 Å². The van der Waals surface area contributed by atoms with Crippen molar-refractivity contribution in [1.29, 1.82) is 0 Å². The molecule has 1 heterocycles. The average Bonchev–Trinajstić information content (AvgIpc) is 2.83. The summed E-state index contributed by atoms with van der Waals surface area (Å²) in [6, 6.07) is 7.79. The Labute approximate surface area is 127 Å². The summed E-state index contributed by atoms with van der Waals surface area (Å²) in [5.74, 6) is -0.689. The third-order valence-electron chi connectivity index (χ3n) is 3.10. The van der Waals surface area contributed by atoms with Crippen molar-refractivity contribution in [3.05, 3.63) is 47.3 Å². The number of ether oxygens (including phenoxy) is 1. The maximum atomic E-state index is 11.8. The molecule has 0 aliphatic carbocycles. The summed E-state index contributed by atoms with van der Waals surface area (Å²) < 4.78 is 7.06. The molecule has 0 saturated carbocycles. The lowest BCUT2D eigenvalue weighted by Gasteiger charge is -2.07. The number of aromatic nitrogens is 2. The molecule has 2 rings (SSSR count). The number of hydrogen-bond donors (Lipinski definition) is 2. The van der Waals surface area contributed by atoms with Crippen molar-refractivity contribution in [2.24, 2.45) is 7.05 Å². The quantitative estimate of drug-likeness (QED) is 0.783. The van der Waals surface area contributed by atoms with Gasteiger partial charge in [0.25, 0.3) is 5.91 Å². The SMILES string of the molecule is Cc1cc(C(=O)NCCOc2ccc(C(=O)O)cc2)nn1C. The van der Waals surface area contributed by atoms with Crippen molar-refractivity contribution >= 4 is 11.9 Å². The van der Waals surface area contributed by atoms with E-state index in [0.717, 1.165) is 5.69 Å². The lowest BCUT2D eigenvalue weighted by molar-refractivity contribution is 0.0696. The summed E-state index contributed by atoms with van der Waals surface area (Å²) in [6.45, 7) is 2.48. The fourth-order valence-electron chi connectivity index (χ4n) is 1.79. The number of benzene rings is 1. The van der Waals surface area contributed by atoms with Crippen LogP contribution < -0.4 is 10.1 Å². The Morgan fingerprint density at radius 2 is 2.00 bits per heavy atom. The van der Waals surface area contributed by atoms with Crippen molar-refractivity contribution in [1.82, 2.24) is 15.1 Å². The Kier molecular flexibility index (Phi) is 4.77. The van der Waals surface area contributed by atoms with E-state index in [0.29, 0.717) is 18.0 Å². The largest absolute Gasteiger partial charge is 0.492 e. The molecule has 0 aliphatic heterocycles. The van der Waals surface area contributed by atoms with Crippen LogP contribution in [-0.4, -0.2) is 39.9 Å². The van der Waals surface area contributed by atoms with Gasteiger partial charge in [0.1, 0.15) is 18.1 Å².